The highest BCUT2D eigenvalue weighted by atomic mass is 19.1. The molecule has 0 radical (unpaired) electrons. The molecule has 78 valence electrons. The Morgan fingerprint density at radius 2 is 2.00 bits per heavy atom. The first kappa shape index (κ1) is 11.2. The Labute approximate surface area is 85.3 Å². The maximum Gasteiger partial charge on any atom is 0.123 e. The van der Waals surface area contributed by atoms with Gasteiger partial charge in [0.15, 0.2) is 0 Å². The number of rotatable bonds is 3. The summed E-state index contributed by atoms with van der Waals surface area (Å²) < 4.78 is 12.8. The number of hydrogen-bond donors (Lipinski definition) is 1. The fraction of sp³-hybridized carbons (Fsp3) is 0.500. The molecular formula is C12H18FN. The van der Waals surface area contributed by atoms with Gasteiger partial charge in [0.05, 0.1) is 0 Å². The predicted molar refractivity (Wildman–Crippen MR) is 57.9 cm³/mol. The van der Waals surface area contributed by atoms with Crippen LogP contribution in [0.15, 0.2) is 24.3 Å². The Morgan fingerprint density at radius 1 is 1.29 bits per heavy atom. The first-order valence-electron chi connectivity index (χ1n) is 4.97. The summed E-state index contributed by atoms with van der Waals surface area (Å²) in [5.41, 5.74) is 1.18. The molecule has 0 aliphatic rings. The lowest BCUT2D eigenvalue weighted by Crippen LogP contribution is -2.37. The van der Waals surface area contributed by atoms with Crippen molar-refractivity contribution in [1.82, 2.24) is 5.32 Å². The first-order chi connectivity index (χ1) is 6.47. The molecule has 0 saturated heterocycles. The van der Waals surface area contributed by atoms with Gasteiger partial charge in [-0.1, -0.05) is 12.1 Å². The minimum Gasteiger partial charge on any atom is -0.312 e. The molecule has 0 aromatic heterocycles. The Kier molecular flexibility index (Phi) is 3.64. The fourth-order valence-electron chi connectivity index (χ4n) is 1.27. The van der Waals surface area contributed by atoms with Gasteiger partial charge in [0.1, 0.15) is 5.82 Å². The van der Waals surface area contributed by atoms with Crippen molar-refractivity contribution < 1.29 is 4.39 Å². The van der Waals surface area contributed by atoms with E-state index in [-0.39, 0.29) is 11.4 Å². The predicted octanol–water partition coefficient (Wildman–Crippen LogP) is 2.76. The third-order valence-corrected chi connectivity index (χ3v) is 1.96. The monoisotopic (exact) mass is 195 g/mol. The molecule has 0 aliphatic heterocycles. The van der Waals surface area contributed by atoms with Gasteiger partial charge in [-0.3, -0.25) is 0 Å². The van der Waals surface area contributed by atoms with E-state index in [1.54, 1.807) is 12.1 Å². The molecule has 0 fully saturated rings. The molecule has 1 N–H and O–H groups in total. The second-order valence-corrected chi connectivity index (χ2v) is 4.56. The summed E-state index contributed by atoms with van der Waals surface area (Å²) in [6, 6.07) is 6.76. The van der Waals surface area contributed by atoms with Crippen LogP contribution in [0.25, 0.3) is 0 Å². The molecule has 1 nitrogen and oxygen atoms in total. The van der Waals surface area contributed by atoms with Crippen molar-refractivity contribution in [3.8, 4) is 0 Å². The number of halogens is 1. The van der Waals surface area contributed by atoms with Crippen molar-refractivity contribution in [2.24, 2.45) is 0 Å². The highest BCUT2D eigenvalue weighted by molar-refractivity contribution is 5.16. The largest absolute Gasteiger partial charge is 0.312 e. The molecule has 0 saturated carbocycles. The Bertz CT molecular complexity index is 289. The molecule has 0 amide bonds. The highest BCUT2D eigenvalue weighted by Gasteiger charge is 2.07. The summed E-state index contributed by atoms with van der Waals surface area (Å²) in [6.45, 7) is 7.25. The van der Waals surface area contributed by atoms with Gasteiger partial charge in [0.25, 0.3) is 0 Å². The van der Waals surface area contributed by atoms with E-state index in [2.05, 4.69) is 26.1 Å². The molecule has 2 heteroatoms. The summed E-state index contributed by atoms with van der Waals surface area (Å²) in [6.07, 6.45) is 0.870. The molecule has 0 spiro atoms. The highest BCUT2D eigenvalue weighted by Crippen LogP contribution is 2.05. The van der Waals surface area contributed by atoms with Gasteiger partial charge in [0.2, 0.25) is 0 Å². The van der Waals surface area contributed by atoms with E-state index in [9.17, 15) is 4.39 Å². The minimum atomic E-state index is -0.154. The summed E-state index contributed by atoms with van der Waals surface area (Å²) in [4.78, 5) is 0. The SMILES string of the molecule is CC(C)(C)NCCc1cccc(F)c1. The average molecular weight is 195 g/mol. The van der Waals surface area contributed by atoms with Gasteiger partial charge in [-0.25, -0.2) is 4.39 Å². The van der Waals surface area contributed by atoms with E-state index in [0.29, 0.717) is 0 Å². The van der Waals surface area contributed by atoms with Crippen molar-refractivity contribution in [3.63, 3.8) is 0 Å². The molecule has 14 heavy (non-hydrogen) atoms. The van der Waals surface area contributed by atoms with Crippen LogP contribution in [0.3, 0.4) is 0 Å². The van der Waals surface area contributed by atoms with Crippen molar-refractivity contribution in [2.75, 3.05) is 6.54 Å². The van der Waals surface area contributed by atoms with E-state index in [1.807, 2.05) is 6.07 Å². The van der Waals surface area contributed by atoms with Crippen molar-refractivity contribution >= 4 is 0 Å². The number of hydrogen-bond acceptors (Lipinski definition) is 1. The van der Waals surface area contributed by atoms with Gasteiger partial charge in [0, 0.05) is 5.54 Å². The minimum absolute atomic E-state index is 0.132. The molecule has 0 aliphatic carbocycles. The van der Waals surface area contributed by atoms with Crippen LogP contribution < -0.4 is 5.32 Å². The number of nitrogens with one attached hydrogen (secondary N) is 1. The van der Waals surface area contributed by atoms with Crippen LogP contribution in [-0.2, 0) is 6.42 Å². The van der Waals surface area contributed by atoms with Crippen molar-refractivity contribution in [1.29, 1.82) is 0 Å². The normalized spacial score (nSPS) is 11.7. The zero-order valence-corrected chi connectivity index (χ0v) is 9.10. The molecule has 1 aromatic carbocycles. The fourth-order valence-corrected chi connectivity index (χ4v) is 1.27. The van der Waals surface area contributed by atoms with E-state index < -0.39 is 0 Å². The molecular weight excluding hydrogens is 177 g/mol. The van der Waals surface area contributed by atoms with Gasteiger partial charge in [-0.05, 0) is 51.4 Å². The summed E-state index contributed by atoms with van der Waals surface area (Å²) in [7, 11) is 0. The standard InChI is InChI=1S/C12H18FN/c1-12(2,3)14-8-7-10-5-4-6-11(13)9-10/h4-6,9,14H,7-8H2,1-3H3. The third kappa shape index (κ3) is 4.38. The van der Waals surface area contributed by atoms with E-state index >= 15 is 0 Å². The lowest BCUT2D eigenvalue weighted by atomic mass is 10.1. The van der Waals surface area contributed by atoms with Crippen LogP contribution >= 0.6 is 0 Å². The second kappa shape index (κ2) is 4.56. The molecule has 0 bridgehead atoms. The third-order valence-electron chi connectivity index (χ3n) is 1.96. The topological polar surface area (TPSA) is 12.0 Å². The van der Waals surface area contributed by atoms with E-state index in [1.165, 1.54) is 6.07 Å². The van der Waals surface area contributed by atoms with Crippen LogP contribution in [0.1, 0.15) is 26.3 Å². The van der Waals surface area contributed by atoms with Gasteiger partial charge in [-0.2, -0.15) is 0 Å². The van der Waals surface area contributed by atoms with Crippen molar-refractivity contribution in [2.45, 2.75) is 32.7 Å². The Morgan fingerprint density at radius 3 is 2.57 bits per heavy atom. The lowest BCUT2D eigenvalue weighted by molar-refractivity contribution is 0.429. The van der Waals surface area contributed by atoms with Gasteiger partial charge < -0.3 is 5.32 Å². The Balaban J connectivity index is 2.39. The average Bonchev–Trinajstić information content (AvgIpc) is 2.01. The summed E-state index contributed by atoms with van der Waals surface area (Å²) in [5, 5.41) is 3.37. The van der Waals surface area contributed by atoms with Crippen LogP contribution in [0, 0.1) is 5.82 Å². The zero-order chi connectivity index (χ0) is 10.6. The molecule has 1 rings (SSSR count). The van der Waals surface area contributed by atoms with Crippen LogP contribution in [0.5, 0.6) is 0 Å². The maximum atomic E-state index is 12.8. The summed E-state index contributed by atoms with van der Waals surface area (Å²) in [5.74, 6) is -0.154. The molecule has 0 heterocycles. The smallest absolute Gasteiger partial charge is 0.123 e. The summed E-state index contributed by atoms with van der Waals surface area (Å²) >= 11 is 0. The quantitative estimate of drug-likeness (QED) is 0.782. The van der Waals surface area contributed by atoms with E-state index in [0.717, 1.165) is 18.5 Å². The van der Waals surface area contributed by atoms with Crippen LogP contribution in [0.4, 0.5) is 4.39 Å². The van der Waals surface area contributed by atoms with Gasteiger partial charge in [-0.15, -0.1) is 0 Å². The lowest BCUT2D eigenvalue weighted by Gasteiger charge is -2.20. The molecule has 1 aromatic rings. The first-order valence-corrected chi connectivity index (χ1v) is 4.97. The zero-order valence-electron chi connectivity index (χ0n) is 9.10. The second-order valence-electron chi connectivity index (χ2n) is 4.56. The van der Waals surface area contributed by atoms with Crippen LogP contribution in [-0.4, -0.2) is 12.1 Å². The number of benzene rings is 1. The maximum absolute atomic E-state index is 12.8. The molecule has 0 atom stereocenters. The Hall–Kier alpha value is -0.890. The van der Waals surface area contributed by atoms with Gasteiger partial charge >= 0.3 is 0 Å². The molecule has 0 unspecified atom stereocenters. The van der Waals surface area contributed by atoms with Crippen LogP contribution in [0.2, 0.25) is 0 Å². The van der Waals surface area contributed by atoms with E-state index in [4.69, 9.17) is 0 Å². The van der Waals surface area contributed by atoms with Crippen molar-refractivity contribution in [3.05, 3.63) is 35.6 Å².